The van der Waals surface area contributed by atoms with Crippen LogP contribution in [0.5, 0.6) is 0 Å². The highest BCUT2D eigenvalue weighted by Crippen LogP contribution is 2.66. The predicted molar refractivity (Wildman–Crippen MR) is 97.9 cm³/mol. The maximum atomic E-state index is 12.9. The lowest BCUT2D eigenvalue weighted by Crippen LogP contribution is -2.50. The Bertz CT molecular complexity index is 615. The lowest BCUT2D eigenvalue weighted by Gasteiger charge is -2.58. The first-order valence-electron chi connectivity index (χ1n) is 10.7. The van der Waals surface area contributed by atoms with E-state index in [0.717, 1.165) is 51.4 Å². The van der Waals surface area contributed by atoms with Crippen LogP contribution < -0.4 is 0 Å². The largest absolute Gasteiger partial charge is 0.414 e. The molecule has 154 valence electrons. The Labute approximate surface area is 160 Å². The molecule has 0 saturated heterocycles. The van der Waals surface area contributed by atoms with Gasteiger partial charge >= 0.3 is 6.18 Å². The molecule has 4 aliphatic rings. The van der Waals surface area contributed by atoms with Crippen LogP contribution in [0.2, 0.25) is 0 Å². The number of allylic oxidation sites excluding steroid dienone is 1. The summed E-state index contributed by atoms with van der Waals surface area (Å²) in [6.45, 7) is 4.56. The van der Waals surface area contributed by atoms with Gasteiger partial charge in [-0.25, -0.2) is 0 Å². The van der Waals surface area contributed by atoms with Crippen molar-refractivity contribution in [1.82, 2.24) is 0 Å². The van der Waals surface area contributed by atoms with E-state index in [4.69, 9.17) is 0 Å². The fraction of sp³-hybridized carbons (Fsp3) is 0.909. The van der Waals surface area contributed by atoms with E-state index in [1.54, 1.807) is 0 Å². The van der Waals surface area contributed by atoms with Crippen LogP contribution in [0.1, 0.15) is 71.6 Å². The molecule has 8 atom stereocenters. The topological polar surface area (TPSA) is 40.5 Å². The van der Waals surface area contributed by atoms with Crippen LogP contribution in [0.3, 0.4) is 0 Å². The molecule has 0 aromatic heterocycles. The predicted octanol–water partition coefficient (Wildman–Crippen LogP) is 5.24. The quantitative estimate of drug-likeness (QED) is 0.637. The number of hydrogen-bond donors (Lipinski definition) is 2. The zero-order valence-electron chi connectivity index (χ0n) is 16.4. The summed E-state index contributed by atoms with van der Waals surface area (Å²) in [5, 5.41) is 19.7. The lowest BCUT2D eigenvalue weighted by atomic mass is 9.47. The van der Waals surface area contributed by atoms with Gasteiger partial charge in [0.1, 0.15) is 6.10 Å². The summed E-state index contributed by atoms with van der Waals surface area (Å²) in [6, 6.07) is 0. The molecule has 0 bridgehead atoms. The first kappa shape index (κ1) is 19.8. The van der Waals surface area contributed by atoms with Crippen molar-refractivity contribution in [1.29, 1.82) is 0 Å². The maximum Gasteiger partial charge on any atom is 0.414 e. The number of aliphatic hydroxyl groups is 2. The zero-order valence-corrected chi connectivity index (χ0v) is 16.4. The molecule has 5 heteroatoms. The Balaban J connectivity index is 1.55. The highest BCUT2D eigenvalue weighted by molar-refractivity contribution is 5.25. The number of hydrogen-bond acceptors (Lipinski definition) is 2. The fourth-order valence-corrected chi connectivity index (χ4v) is 7.54. The zero-order chi connectivity index (χ0) is 19.6. The number of aliphatic hydroxyl groups excluding tert-OH is 2. The van der Waals surface area contributed by atoms with Crippen LogP contribution in [-0.4, -0.2) is 28.6 Å². The molecular weight excluding hydrogens is 353 g/mol. The Morgan fingerprint density at radius 2 is 1.85 bits per heavy atom. The van der Waals surface area contributed by atoms with Crippen LogP contribution in [0.4, 0.5) is 13.2 Å². The molecule has 0 heterocycles. The van der Waals surface area contributed by atoms with Gasteiger partial charge in [-0.2, -0.15) is 13.2 Å². The molecule has 0 aromatic rings. The van der Waals surface area contributed by atoms with E-state index < -0.39 is 12.3 Å². The Morgan fingerprint density at radius 1 is 1.11 bits per heavy atom. The third-order valence-electron chi connectivity index (χ3n) is 9.16. The Morgan fingerprint density at radius 3 is 2.56 bits per heavy atom. The van der Waals surface area contributed by atoms with E-state index >= 15 is 0 Å². The second-order valence-electron chi connectivity index (χ2n) is 10.3. The molecular formula is C22H33F3O2. The normalized spacial score (nSPS) is 48.3. The van der Waals surface area contributed by atoms with E-state index in [9.17, 15) is 23.4 Å². The monoisotopic (exact) mass is 386 g/mol. The molecule has 2 nitrogen and oxygen atoms in total. The van der Waals surface area contributed by atoms with Gasteiger partial charge in [0.2, 0.25) is 0 Å². The summed E-state index contributed by atoms with van der Waals surface area (Å²) in [5.74, 6) is 1.56. The van der Waals surface area contributed by atoms with E-state index in [-0.39, 0.29) is 29.3 Å². The van der Waals surface area contributed by atoms with E-state index in [0.29, 0.717) is 17.8 Å². The summed E-state index contributed by atoms with van der Waals surface area (Å²) >= 11 is 0. The number of rotatable bonds is 2. The van der Waals surface area contributed by atoms with E-state index in [1.807, 2.05) is 0 Å². The summed E-state index contributed by atoms with van der Waals surface area (Å²) in [6.07, 6.45) is 2.84. The summed E-state index contributed by atoms with van der Waals surface area (Å²) < 4.78 is 38.7. The molecule has 6 unspecified atom stereocenters. The minimum Gasteiger partial charge on any atom is -0.393 e. The van der Waals surface area contributed by atoms with Gasteiger partial charge in [-0.1, -0.05) is 25.5 Å². The SMILES string of the molecule is CC12CCC(O)CC1=CCC1C2CC[C@@]2(C)C1CC[C@@H]2CC(O)C(F)(F)F. The van der Waals surface area contributed by atoms with E-state index in [2.05, 4.69) is 19.9 Å². The number of fused-ring (bicyclic) bond motifs is 5. The molecule has 0 spiro atoms. The van der Waals surface area contributed by atoms with Crippen molar-refractivity contribution in [2.45, 2.75) is 90.0 Å². The minimum atomic E-state index is -4.51. The third kappa shape index (κ3) is 3.08. The van der Waals surface area contributed by atoms with Crippen LogP contribution in [0.25, 0.3) is 0 Å². The van der Waals surface area contributed by atoms with Gasteiger partial charge in [-0.15, -0.1) is 0 Å². The Kier molecular flexibility index (Phi) is 4.74. The van der Waals surface area contributed by atoms with Crippen molar-refractivity contribution >= 4 is 0 Å². The average Bonchev–Trinajstić information content (AvgIpc) is 2.91. The van der Waals surface area contributed by atoms with E-state index in [1.165, 1.54) is 5.57 Å². The average molecular weight is 386 g/mol. The van der Waals surface area contributed by atoms with Gasteiger partial charge in [0.15, 0.2) is 0 Å². The van der Waals surface area contributed by atoms with Crippen molar-refractivity contribution in [3.05, 3.63) is 11.6 Å². The lowest BCUT2D eigenvalue weighted by molar-refractivity contribution is -0.211. The molecule has 2 N–H and O–H groups in total. The second kappa shape index (κ2) is 6.48. The molecule has 0 radical (unpaired) electrons. The molecule has 3 saturated carbocycles. The molecule has 4 rings (SSSR count). The van der Waals surface area contributed by atoms with Gasteiger partial charge in [0.05, 0.1) is 6.10 Å². The minimum absolute atomic E-state index is 0.0357. The van der Waals surface area contributed by atoms with Gasteiger partial charge < -0.3 is 10.2 Å². The maximum absolute atomic E-state index is 12.9. The highest BCUT2D eigenvalue weighted by atomic mass is 19.4. The van der Waals surface area contributed by atoms with Crippen LogP contribution in [0, 0.1) is 34.5 Å². The fourth-order valence-electron chi connectivity index (χ4n) is 7.54. The standard InChI is InChI=1S/C22H33F3O2/c1-20-9-7-15(26)11-13(20)3-5-16-17-6-4-14(12-19(27)22(23,24)25)21(17,2)10-8-18(16)20/h3,14-19,26-27H,4-12H2,1-2H3/t14-,15?,16?,17?,18?,19?,20?,21-/m1/s1. The van der Waals surface area contributed by atoms with Crippen molar-refractivity contribution in [3.8, 4) is 0 Å². The van der Waals surface area contributed by atoms with Gasteiger partial charge in [-0.3, -0.25) is 0 Å². The molecule has 3 fully saturated rings. The summed E-state index contributed by atoms with van der Waals surface area (Å²) in [5.41, 5.74) is 1.50. The van der Waals surface area contributed by atoms with Crippen molar-refractivity contribution < 1.29 is 23.4 Å². The molecule has 0 aliphatic heterocycles. The highest BCUT2D eigenvalue weighted by Gasteiger charge is 2.59. The molecule has 27 heavy (non-hydrogen) atoms. The second-order valence-corrected chi connectivity index (χ2v) is 10.3. The smallest absolute Gasteiger partial charge is 0.393 e. The van der Waals surface area contributed by atoms with Crippen LogP contribution in [0.15, 0.2) is 11.6 Å². The number of alkyl halides is 3. The van der Waals surface area contributed by atoms with Crippen LogP contribution in [-0.2, 0) is 0 Å². The van der Waals surface area contributed by atoms with Gasteiger partial charge in [0, 0.05) is 0 Å². The first-order chi connectivity index (χ1) is 12.6. The molecule has 4 aliphatic carbocycles. The van der Waals surface area contributed by atoms with Gasteiger partial charge in [0.25, 0.3) is 0 Å². The Hall–Kier alpha value is -0.550. The van der Waals surface area contributed by atoms with Crippen molar-refractivity contribution in [2.24, 2.45) is 34.5 Å². The first-order valence-corrected chi connectivity index (χ1v) is 10.7. The van der Waals surface area contributed by atoms with Crippen molar-refractivity contribution in [3.63, 3.8) is 0 Å². The summed E-state index contributed by atoms with van der Waals surface area (Å²) in [7, 11) is 0. The summed E-state index contributed by atoms with van der Waals surface area (Å²) in [4.78, 5) is 0. The molecule has 0 aromatic carbocycles. The van der Waals surface area contributed by atoms with Crippen LogP contribution >= 0.6 is 0 Å². The van der Waals surface area contributed by atoms with Gasteiger partial charge in [-0.05, 0) is 92.3 Å². The molecule has 0 amide bonds. The third-order valence-corrected chi connectivity index (χ3v) is 9.16. The van der Waals surface area contributed by atoms with Crippen molar-refractivity contribution in [2.75, 3.05) is 0 Å². The number of halogens is 3.